The predicted octanol–water partition coefficient (Wildman–Crippen LogP) is 2.27. The van der Waals surface area contributed by atoms with Crippen molar-refractivity contribution in [1.29, 1.82) is 0 Å². The molecule has 2 rings (SSSR count). The fourth-order valence-corrected chi connectivity index (χ4v) is 2.02. The van der Waals surface area contributed by atoms with Gasteiger partial charge in [0.05, 0.1) is 22.9 Å². The zero-order chi connectivity index (χ0) is 16.5. The molecule has 120 valence electrons. The van der Waals surface area contributed by atoms with Crippen molar-refractivity contribution < 1.29 is 17.4 Å². The Labute approximate surface area is 127 Å². The van der Waals surface area contributed by atoms with Gasteiger partial charge in [0.15, 0.2) is 0 Å². The molecule has 1 atom stereocenters. The van der Waals surface area contributed by atoms with Crippen LogP contribution in [0.2, 0.25) is 0 Å². The third-order valence-corrected chi connectivity index (χ3v) is 3.90. The molecule has 0 saturated carbocycles. The van der Waals surface area contributed by atoms with Crippen molar-refractivity contribution in [3.63, 3.8) is 0 Å². The summed E-state index contributed by atoms with van der Waals surface area (Å²) in [4.78, 5) is 3.97. The molecule has 0 radical (unpaired) electrons. The average Bonchev–Trinajstić information content (AvgIpc) is 2.75. The molecule has 0 aliphatic heterocycles. The Morgan fingerprint density at radius 1 is 1.36 bits per heavy atom. The molecule has 0 fully saturated rings. The summed E-state index contributed by atoms with van der Waals surface area (Å²) in [5.74, 6) is 0. The van der Waals surface area contributed by atoms with Crippen LogP contribution in [0.15, 0.2) is 16.7 Å². The molecule has 0 aliphatic rings. The van der Waals surface area contributed by atoms with Gasteiger partial charge < -0.3 is 0 Å². The number of hydrogen-bond acceptors (Lipinski definition) is 4. The number of aromatic nitrogens is 4. The second-order valence-corrected chi connectivity index (χ2v) is 7.49. The first-order valence-electron chi connectivity index (χ1n) is 6.28. The lowest BCUT2D eigenvalue weighted by Crippen LogP contribution is -2.19. The van der Waals surface area contributed by atoms with Crippen molar-refractivity contribution in [2.45, 2.75) is 38.2 Å². The van der Waals surface area contributed by atoms with Crippen molar-refractivity contribution in [1.82, 2.24) is 20.0 Å². The number of pyridine rings is 1. The summed E-state index contributed by atoms with van der Waals surface area (Å²) < 4.78 is 53.1. The average molecular weight is 333 g/mol. The highest BCUT2D eigenvalue weighted by atomic mass is 32.2. The van der Waals surface area contributed by atoms with Crippen molar-refractivity contribution in [3.8, 4) is 0 Å². The minimum Gasteiger partial charge on any atom is -0.253 e. The van der Waals surface area contributed by atoms with Crippen LogP contribution in [0, 0.1) is 0 Å². The third-order valence-electron chi connectivity index (χ3n) is 2.56. The van der Waals surface area contributed by atoms with E-state index in [2.05, 4.69) is 19.7 Å². The molecule has 2 aromatic heterocycles. The highest BCUT2D eigenvalue weighted by Crippen LogP contribution is 2.20. The first-order valence-corrected chi connectivity index (χ1v) is 7.39. The molecular formula is C12H14F3N5OS. The number of rotatable bonds is 3. The zero-order valence-corrected chi connectivity index (χ0v) is 12.9. The van der Waals surface area contributed by atoms with E-state index in [1.807, 2.05) is 0 Å². The van der Waals surface area contributed by atoms with Crippen LogP contribution in [0.4, 0.5) is 13.2 Å². The lowest BCUT2D eigenvalue weighted by Gasteiger charge is -2.12. The topological polar surface area (TPSA) is 73.0 Å². The fourth-order valence-electron chi connectivity index (χ4n) is 1.50. The highest BCUT2D eigenvalue weighted by Gasteiger charge is 2.29. The van der Waals surface area contributed by atoms with Gasteiger partial charge in [-0.2, -0.15) is 17.6 Å². The van der Waals surface area contributed by atoms with E-state index in [0.717, 1.165) is 4.68 Å². The van der Waals surface area contributed by atoms with E-state index in [1.54, 1.807) is 20.8 Å². The monoisotopic (exact) mass is 333 g/mol. The van der Waals surface area contributed by atoms with E-state index in [-0.39, 0.29) is 11.0 Å². The Hall–Kier alpha value is -1.84. The minimum absolute atomic E-state index is 0.173. The molecule has 6 nitrogen and oxygen atoms in total. The first kappa shape index (κ1) is 16.5. The van der Waals surface area contributed by atoms with Crippen molar-refractivity contribution in [2.24, 2.45) is 4.40 Å². The van der Waals surface area contributed by atoms with Crippen LogP contribution in [0.5, 0.6) is 0 Å². The van der Waals surface area contributed by atoms with Crippen LogP contribution >= 0.6 is 0 Å². The molecule has 0 amide bonds. The zero-order valence-electron chi connectivity index (χ0n) is 12.1. The second kappa shape index (κ2) is 5.75. The Bertz CT molecular complexity index is 732. The lowest BCUT2D eigenvalue weighted by molar-refractivity contribution is -0.142. The quantitative estimate of drug-likeness (QED) is 0.808. The number of alkyl halides is 3. The Morgan fingerprint density at radius 2 is 2.05 bits per heavy atom. The largest absolute Gasteiger partial charge is 0.408 e. The molecular weight excluding hydrogens is 319 g/mol. The van der Waals surface area contributed by atoms with Gasteiger partial charge in [-0.3, -0.25) is 4.98 Å². The van der Waals surface area contributed by atoms with Crippen LogP contribution in [0.3, 0.4) is 0 Å². The summed E-state index contributed by atoms with van der Waals surface area (Å²) in [6.45, 7) is 4.10. The number of hydrogen-bond donors (Lipinski definition) is 0. The van der Waals surface area contributed by atoms with Gasteiger partial charge in [-0.1, -0.05) is 5.21 Å². The Kier molecular flexibility index (Phi) is 4.32. The van der Waals surface area contributed by atoms with Crippen LogP contribution < -0.4 is 0 Å². The highest BCUT2D eigenvalue weighted by molar-refractivity contribution is 7.85. The van der Waals surface area contributed by atoms with Crippen LogP contribution in [-0.4, -0.2) is 41.3 Å². The van der Waals surface area contributed by atoms with E-state index in [9.17, 15) is 17.4 Å². The standard InChI is InChI=1S/C12H14F3N5OS/c1-11(2,3)22(21)17-5-8-4-9-10(6-16-8)20(19-18-9)7-12(13,14)15/h4-6H,7H2,1-3H3/b17-5+/t22-/m1/s1. The number of halogens is 3. The normalized spacial score (nSPS) is 14.8. The number of fused-ring (bicyclic) bond motifs is 1. The maximum absolute atomic E-state index is 12.4. The summed E-state index contributed by atoms with van der Waals surface area (Å²) in [7, 11) is -1.44. The molecule has 0 N–H and O–H groups in total. The predicted molar refractivity (Wildman–Crippen MR) is 76.9 cm³/mol. The Morgan fingerprint density at radius 3 is 2.64 bits per heavy atom. The molecule has 0 saturated heterocycles. The van der Waals surface area contributed by atoms with E-state index in [0.29, 0.717) is 5.69 Å². The summed E-state index contributed by atoms with van der Waals surface area (Å²) >= 11 is 0. The molecule has 0 bridgehead atoms. The van der Waals surface area contributed by atoms with Crippen LogP contribution in [0.25, 0.3) is 11.0 Å². The van der Waals surface area contributed by atoms with Crippen LogP contribution in [-0.2, 0) is 17.5 Å². The molecule has 0 aromatic carbocycles. The van der Waals surface area contributed by atoms with Crippen molar-refractivity contribution in [3.05, 3.63) is 18.0 Å². The third kappa shape index (κ3) is 4.09. The molecule has 2 aromatic rings. The second-order valence-electron chi connectivity index (χ2n) is 5.56. The maximum Gasteiger partial charge on any atom is 0.408 e. The maximum atomic E-state index is 12.4. The molecule has 2 heterocycles. The van der Waals surface area contributed by atoms with Gasteiger partial charge in [-0.15, -0.1) is 5.10 Å². The van der Waals surface area contributed by atoms with Gasteiger partial charge in [0.2, 0.25) is 0 Å². The van der Waals surface area contributed by atoms with E-state index >= 15 is 0 Å². The molecule has 0 aliphatic carbocycles. The molecule has 22 heavy (non-hydrogen) atoms. The van der Waals surface area contributed by atoms with Gasteiger partial charge in [0.25, 0.3) is 0 Å². The summed E-state index contributed by atoms with van der Waals surface area (Å²) in [6.07, 6.45) is -1.84. The lowest BCUT2D eigenvalue weighted by atomic mass is 10.3. The van der Waals surface area contributed by atoms with Gasteiger partial charge in [-0.05, 0) is 26.8 Å². The molecule has 0 unspecified atom stereocenters. The summed E-state index contributed by atoms with van der Waals surface area (Å²) in [6, 6.07) is 1.44. The van der Waals surface area contributed by atoms with Crippen LogP contribution in [0.1, 0.15) is 26.5 Å². The van der Waals surface area contributed by atoms with Gasteiger partial charge in [0, 0.05) is 0 Å². The van der Waals surface area contributed by atoms with Gasteiger partial charge >= 0.3 is 6.18 Å². The summed E-state index contributed by atoms with van der Waals surface area (Å²) in [5.41, 5.74) is 0.790. The van der Waals surface area contributed by atoms with Crippen molar-refractivity contribution in [2.75, 3.05) is 0 Å². The molecule has 10 heteroatoms. The first-order chi connectivity index (χ1) is 10.1. The minimum atomic E-state index is -4.38. The SMILES string of the molecule is CC(C)(C)[S@@](=O)/N=C/c1cc2nnn(CC(F)(F)F)c2cn1. The molecule has 0 spiro atoms. The Balaban J connectivity index is 2.26. The van der Waals surface area contributed by atoms with Crippen molar-refractivity contribution >= 4 is 28.2 Å². The fraction of sp³-hybridized carbons (Fsp3) is 0.500. The van der Waals surface area contributed by atoms with E-state index in [4.69, 9.17) is 0 Å². The smallest absolute Gasteiger partial charge is 0.253 e. The van der Waals surface area contributed by atoms with Gasteiger partial charge in [-0.25, -0.2) is 8.89 Å². The van der Waals surface area contributed by atoms with Gasteiger partial charge in [0.1, 0.15) is 28.6 Å². The number of nitrogens with zero attached hydrogens (tertiary/aromatic N) is 5. The summed E-state index contributed by atoms with van der Waals surface area (Å²) in [5, 5.41) is 7.13. The van der Waals surface area contributed by atoms with E-state index in [1.165, 1.54) is 18.5 Å². The van der Waals surface area contributed by atoms with E-state index < -0.39 is 28.5 Å².